The quantitative estimate of drug-likeness (QED) is 0.265. The van der Waals surface area contributed by atoms with Crippen LogP contribution in [0, 0.1) is 13.8 Å². The zero-order valence-electron chi connectivity index (χ0n) is 19.5. The van der Waals surface area contributed by atoms with Crippen molar-refractivity contribution in [3.8, 4) is 11.1 Å². The largest absolute Gasteiger partial charge is 0.306 e. The molecule has 0 aliphatic carbocycles. The maximum Gasteiger partial charge on any atom is 0.247 e. The van der Waals surface area contributed by atoms with E-state index in [-0.39, 0.29) is 18.3 Å². The first-order chi connectivity index (χ1) is 17.3. The van der Waals surface area contributed by atoms with Gasteiger partial charge in [0.25, 0.3) is 0 Å². The van der Waals surface area contributed by atoms with Gasteiger partial charge in [-0.05, 0) is 43.2 Å². The summed E-state index contributed by atoms with van der Waals surface area (Å²) in [5.41, 5.74) is 5.40. The van der Waals surface area contributed by atoms with Crippen LogP contribution in [0.25, 0.3) is 22.2 Å². The van der Waals surface area contributed by atoms with Crippen molar-refractivity contribution in [2.75, 3.05) is 5.32 Å². The van der Waals surface area contributed by atoms with Crippen molar-refractivity contribution in [2.24, 2.45) is 0 Å². The zero-order valence-corrected chi connectivity index (χ0v) is 21.7. The Balaban J connectivity index is 1.37. The van der Waals surface area contributed by atoms with Gasteiger partial charge in [-0.1, -0.05) is 70.7 Å². The molecule has 7 nitrogen and oxygen atoms in total. The lowest BCUT2D eigenvalue weighted by atomic mass is 10.0. The number of halogens is 3. The second kappa shape index (κ2) is 9.93. The molecule has 1 amide bonds. The van der Waals surface area contributed by atoms with Gasteiger partial charge < -0.3 is 5.32 Å². The summed E-state index contributed by atoms with van der Waals surface area (Å²) in [5, 5.41) is 14.0. The van der Waals surface area contributed by atoms with Crippen molar-refractivity contribution in [3.63, 3.8) is 0 Å². The smallest absolute Gasteiger partial charge is 0.247 e. The average molecular weight is 540 g/mol. The Morgan fingerprint density at radius 3 is 2.47 bits per heavy atom. The number of rotatable bonds is 6. The molecule has 0 aliphatic rings. The van der Waals surface area contributed by atoms with Crippen LogP contribution >= 0.6 is 34.8 Å². The molecular formula is C26H21Cl3N6O. The first kappa shape index (κ1) is 24.3. The molecule has 0 saturated heterocycles. The third-order valence-corrected chi connectivity index (χ3v) is 6.77. The number of amides is 1. The molecule has 2 aromatic carbocycles. The molecule has 10 heteroatoms. The fraction of sp³-hybridized carbons (Fsp3) is 0.154. The summed E-state index contributed by atoms with van der Waals surface area (Å²) in [6.07, 6.45) is 3.34. The monoisotopic (exact) mass is 538 g/mol. The lowest BCUT2D eigenvalue weighted by Crippen LogP contribution is -2.20. The van der Waals surface area contributed by atoms with E-state index in [1.54, 1.807) is 40.0 Å². The minimum Gasteiger partial charge on any atom is -0.306 e. The minimum absolute atomic E-state index is 0.0475. The Morgan fingerprint density at radius 1 is 0.972 bits per heavy atom. The number of aryl methyl sites for hydroxylation is 2. The molecule has 0 spiro atoms. The standard InChI is InChI=1S/C26H21Cl3N6O/c1-15-5-3-6-17(11-15)18-9-10-30-26-24(18)16(2)32-35(26)14-23(36)31-25-22(29)13-34(33-25)12-19-20(27)7-4-8-21(19)28/h3-11,13H,12,14H2,1-2H3,(H,31,33,36). The summed E-state index contributed by atoms with van der Waals surface area (Å²) in [6.45, 7) is 4.23. The molecule has 0 unspecified atom stereocenters. The molecular weight excluding hydrogens is 519 g/mol. The third-order valence-electron chi connectivity index (χ3n) is 5.79. The van der Waals surface area contributed by atoms with Crippen molar-refractivity contribution in [1.82, 2.24) is 24.5 Å². The van der Waals surface area contributed by atoms with E-state index in [0.717, 1.165) is 27.8 Å². The number of hydrogen-bond acceptors (Lipinski definition) is 4. The van der Waals surface area contributed by atoms with Crippen LogP contribution in [0.5, 0.6) is 0 Å². The highest BCUT2D eigenvalue weighted by Crippen LogP contribution is 2.31. The van der Waals surface area contributed by atoms with Crippen molar-refractivity contribution in [2.45, 2.75) is 26.9 Å². The number of nitrogens with zero attached hydrogens (tertiary/aromatic N) is 5. The van der Waals surface area contributed by atoms with E-state index in [0.29, 0.717) is 32.8 Å². The van der Waals surface area contributed by atoms with Crippen LogP contribution in [-0.2, 0) is 17.9 Å². The SMILES string of the molecule is Cc1cccc(-c2ccnc3c2c(C)nn3CC(=O)Nc2nn(Cc3c(Cl)cccc3Cl)cc2Cl)c1. The molecule has 182 valence electrons. The van der Waals surface area contributed by atoms with Crippen molar-refractivity contribution in [1.29, 1.82) is 0 Å². The highest BCUT2D eigenvalue weighted by Gasteiger charge is 2.18. The van der Waals surface area contributed by atoms with E-state index in [9.17, 15) is 4.79 Å². The number of pyridine rings is 1. The predicted octanol–water partition coefficient (Wildman–Crippen LogP) is 6.56. The molecule has 0 radical (unpaired) electrons. The van der Waals surface area contributed by atoms with Crippen LogP contribution in [0.3, 0.4) is 0 Å². The second-order valence-electron chi connectivity index (χ2n) is 8.44. The Hall–Kier alpha value is -3.39. The first-order valence-electron chi connectivity index (χ1n) is 11.1. The maximum atomic E-state index is 12.9. The number of benzene rings is 2. The second-order valence-corrected chi connectivity index (χ2v) is 9.66. The van der Waals surface area contributed by atoms with E-state index < -0.39 is 0 Å². The van der Waals surface area contributed by atoms with Crippen LogP contribution in [0.4, 0.5) is 5.82 Å². The number of carbonyl (C=O) groups excluding carboxylic acids is 1. The molecule has 3 heterocycles. The highest BCUT2D eigenvalue weighted by atomic mass is 35.5. The van der Waals surface area contributed by atoms with Gasteiger partial charge in [-0.15, -0.1) is 0 Å². The minimum atomic E-state index is -0.329. The van der Waals surface area contributed by atoms with Crippen LogP contribution in [0.2, 0.25) is 15.1 Å². The van der Waals surface area contributed by atoms with Gasteiger partial charge in [0.15, 0.2) is 11.5 Å². The average Bonchev–Trinajstić information content (AvgIpc) is 3.34. The third kappa shape index (κ3) is 4.82. The lowest BCUT2D eigenvalue weighted by molar-refractivity contribution is -0.116. The van der Waals surface area contributed by atoms with Crippen LogP contribution in [-0.4, -0.2) is 30.5 Å². The van der Waals surface area contributed by atoms with Crippen LogP contribution in [0.1, 0.15) is 16.8 Å². The summed E-state index contributed by atoms with van der Waals surface area (Å²) in [5.74, 6) is -0.0866. The van der Waals surface area contributed by atoms with E-state index >= 15 is 0 Å². The maximum absolute atomic E-state index is 12.9. The molecule has 0 fully saturated rings. The van der Waals surface area contributed by atoms with Gasteiger partial charge in [0.1, 0.15) is 11.6 Å². The topological polar surface area (TPSA) is 77.6 Å². The fourth-order valence-electron chi connectivity index (χ4n) is 4.16. The number of nitrogens with one attached hydrogen (secondary N) is 1. The van der Waals surface area contributed by atoms with E-state index in [1.807, 2.05) is 19.1 Å². The van der Waals surface area contributed by atoms with E-state index in [1.165, 1.54) is 0 Å². The molecule has 0 atom stereocenters. The molecule has 36 heavy (non-hydrogen) atoms. The fourth-order valence-corrected chi connectivity index (χ4v) is 4.88. The number of fused-ring (bicyclic) bond motifs is 1. The Labute approximate surface area is 222 Å². The molecule has 3 aromatic heterocycles. The normalized spacial score (nSPS) is 11.2. The number of anilines is 1. The van der Waals surface area contributed by atoms with Gasteiger partial charge in [-0.2, -0.15) is 10.2 Å². The zero-order chi connectivity index (χ0) is 25.4. The summed E-state index contributed by atoms with van der Waals surface area (Å²) < 4.78 is 3.17. The molecule has 0 aliphatic heterocycles. The number of hydrogen-bond donors (Lipinski definition) is 1. The van der Waals surface area contributed by atoms with Crippen molar-refractivity contribution < 1.29 is 4.79 Å². The van der Waals surface area contributed by atoms with Crippen molar-refractivity contribution in [3.05, 3.63) is 92.8 Å². The van der Waals surface area contributed by atoms with Gasteiger partial charge in [0, 0.05) is 33.4 Å². The summed E-state index contributed by atoms with van der Waals surface area (Å²) in [7, 11) is 0. The highest BCUT2D eigenvalue weighted by molar-refractivity contribution is 6.36. The van der Waals surface area contributed by atoms with Gasteiger partial charge in [0.2, 0.25) is 5.91 Å². The molecule has 0 bridgehead atoms. The molecule has 5 rings (SSSR count). The van der Waals surface area contributed by atoms with Crippen molar-refractivity contribution >= 4 is 57.6 Å². The molecule has 5 aromatic rings. The van der Waals surface area contributed by atoms with E-state index in [2.05, 4.69) is 45.6 Å². The Bertz CT molecular complexity index is 1590. The van der Waals surface area contributed by atoms with Crippen LogP contribution < -0.4 is 5.32 Å². The predicted molar refractivity (Wildman–Crippen MR) is 144 cm³/mol. The summed E-state index contributed by atoms with van der Waals surface area (Å²) in [4.78, 5) is 17.4. The first-order valence-corrected chi connectivity index (χ1v) is 12.3. The summed E-state index contributed by atoms with van der Waals surface area (Å²) >= 11 is 18.9. The van der Waals surface area contributed by atoms with E-state index in [4.69, 9.17) is 34.8 Å². The Kier molecular flexibility index (Phi) is 6.71. The van der Waals surface area contributed by atoms with Gasteiger partial charge >= 0.3 is 0 Å². The molecule has 0 saturated carbocycles. The van der Waals surface area contributed by atoms with Crippen LogP contribution in [0.15, 0.2) is 60.9 Å². The van der Waals surface area contributed by atoms with Gasteiger partial charge in [0.05, 0.1) is 12.2 Å². The Morgan fingerprint density at radius 2 is 1.72 bits per heavy atom. The van der Waals surface area contributed by atoms with Gasteiger partial charge in [-0.25, -0.2) is 9.67 Å². The lowest BCUT2D eigenvalue weighted by Gasteiger charge is -2.07. The van der Waals surface area contributed by atoms with Gasteiger partial charge in [-0.3, -0.25) is 9.48 Å². The molecule has 1 N–H and O–H groups in total. The number of aromatic nitrogens is 5. The summed E-state index contributed by atoms with van der Waals surface area (Å²) in [6, 6.07) is 15.5. The number of carbonyl (C=O) groups is 1.